The molecule has 0 unspecified atom stereocenters. The monoisotopic (exact) mass is 150 g/mol. The number of hydrogen-bond donors (Lipinski definition) is 0. The van der Waals surface area contributed by atoms with Gasteiger partial charge in [-0.1, -0.05) is 6.92 Å². The Morgan fingerprint density at radius 1 is 1.36 bits per heavy atom. The van der Waals surface area contributed by atoms with Crippen molar-refractivity contribution in [1.82, 2.24) is 0 Å². The van der Waals surface area contributed by atoms with Crippen LogP contribution >= 0.6 is 0 Å². The molecule has 0 aromatic heterocycles. The fourth-order valence-corrected chi connectivity index (χ4v) is 3.70. The molecule has 3 saturated carbocycles. The SMILES string of the molecule is C[C@]12CC[C@H](CC1=O)C21CC1. The number of ketones is 1. The van der Waals surface area contributed by atoms with Crippen molar-refractivity contribution < 1.29 is 4.79 Å². The largest absolute Gasteiger partial charge is 0.299 e. The summed E-state index contributed by atoms with van der Waals surface area (Å²) in [7, 11) is 0. The van der Waals surface area contributed by atoms with Crippen molar-refractivity contribution in [1.29, 1.82) is 0 Å². The molecule has 0 radical (unpaired) electrons. The van der Waals surface area contributed by atoms with Crippen LogP contribution in [0.4, 0.5) is 0 Å². The molecule has 0 N–H and O–H groups in total. The lowest BCUT2D eigenvalue weighted by atomic mass is 9.78. The number of rotatable bonds is 0. The summed E-state index contributed by atoms with van der Waals surface area (Å²) in [5.41, 5.74) is 0.668. The van der Waals surface area contributed by atoms with Crippen molar-refractivity contribution in [3.63, 3.8) is 0 Å². The minimum absolute atomic E-state index is 0.137. The molecule has 0 aromatic carbocycles. The van der Waals surface area contributed by atoms with Crippen LogP contribution in [-0.2, 0) is 4.79 Å². The highest BCUT2D eigenvalue weighted by Crippen LogP contribution is 2.75. The molecule has 0 aliphatic heterocycles. The van der Waals surface area contributed by atoms with Gasteiger partial charge in [-0.2, -0.15) is 0 Å². The van der Waals surface area contributed by atoms with Gasteiger partial charge in [0.2, 0.25) is 0 Å². The second-order valence-corrected chi connectivity index (χ2v) is 4.85. The van der Waals surface area contributed by atoms with Crippen molar-refractivity contribution in [2.75, 3.05) is 0 Å². The molecule has 60 valence electrons. The van der Waals surface area contributed by atoms with E-state index in [0.717, 1.165) is 12.3 Å². The van der Waals surface area contributed by atoms with Crippen LogP contribution in [0, 0.1) is 16.7 Å². The predicted molar refractivity (Wildman–Crippen MR) is 42.1 cm³/mol. The van der Waals surface area contributed by atoms with Gasteiger partial charge in [0.15, 0.2) is 0 Å². The summed E-state index contributed by atoms with van der Waals surface area (Å²) in [6, 6.07) is 0. The second-order valence-electron chi connectivity index (χ2n) is 4.85. The smallest absolute Gasteiger partial charge is 0.139 e. The minimum Gasteiger partial charge on any atom is -0.299 e. The molecule has 3 aliphatic rings. The van der Waals surface area contributed by atoms with Crippen molar-refractivity contribution in [3.8, 4) is 0 Å². The van der Waals surface area contributed by atoms with Gasteiger partial charge in [0.1, 0.15) is 5.78 Å². The third-order valence-corrected chi connectivity index (χ3v) is 4.71. The van der Waals surface area contributed by atoms with E-state index in [1.807, 2.05) is 0 Å². The Balaban J connectivity index is 2.15. The highest BCUT2D eigenvalue weighted by molar-refractivity contribution is 5.90. The molecule has 0 amide bonds. The van der Waals surface area contributed by atoms with Crippen LogP contribution in [-0.4, -0.2) is 5.78 Å². The molecule has 3 rings (SSSR count). The van der Waals surface area contributed by atoms with Gasteiger partial charge in [-0.3, -0.25) is 4.79 Å². The zero-order valence-electron chi connectivity index (χ0n) is 7.02. The van der Waals surface area contributed by atoms with E-state index in [2.05, 4.69) is 6.92 Å². The fourth-order valence-electron chi connectivity index (χ4n) is 3.70. The molecule has 1 heteroatoms. The first-order valence-corrected chi connectivity index (χ1v) is 4.72. The Bertz CT molecular complexity index is 239. The van der Waals surface area contributed by atoms with Crippen LogP contribution in [0.1, 0.15) is 39.0 Å². The number of Topliss-reactive ketones (excluding diaryl/α,β-unsaturated/α-hetero) is 1. The normalized spacial score (nSPS) is 50.6. The van der Waals surface area contributed by atoms with Crippen LogP contribution in [0.5, 0.6) is 0 Å². The Labute approximate surface area is 67.2 Å². The molecule has 3 aliphatic carbocycles. The number of carbonyl (C=O) groups excluding carboxylic acids is 1. The summed E-state index contributed by atoms with van der Waals surface area (Å²) < 4.78 is 0. The zero-order chi connectivity index (χ0) is 7.69. The Morgan fingerprint density at radius 3 is 2.36 bits per heavy atom. The van der Waals surface area contributed by atoms with Gasteiger partial charge in [0.25, 0.3) is 0 Å². The molecule has 1 nitrogen and oxygen atoms in total. The standard InChI is InChI=1S/C10H14O/c1-9-3-2-7(6-8(9)11)10(9)4-5-10/h7H,2-6H2,1H3/t7-,9+/m1/s1. The first-order chi connectivity index (χ1) is 5.19. The summed E-state index contributed by atoms with van der Waals surface area (Å²) in [4.78, 5) is 11.6. The van der Waals surface area contributed by atoms with Crippen LogP contribution in [0.2, 0.25) is 0 Å². The maximum absolute atomic E-state index is 11.6. The van der Waals surface area contributed by atoms with E-state index in [1.54, 1.807) is 0 Å². The quantitative estimate of drug-likeness (QED) is 0.517. The number of carbonyl (C=O) groups is 1. The summed E-state index contributed by atoms with van der Waals surface area (Å²) in [5, 5.41) is 0. The highest BCUT2D eigenvalue weighted by Gasteiger charge is 2.71. The third-order valence-electron chi connectivity index (χ3n) is 4.71. The maximum atomic E-state index is 11.6. The van der Waals surface area contributed by atoms with Crippen LogP contribution in [0.25, 0.3) is 0 Å². The van der Waals surface area contributed by atoms with Gasteiger partial charge >= 0.3 is 0 Å². The van der Waals surface area contributed by atoms with Gasteiger partial charge < -0.3 is 0 Å². The third kappa shape index (κ3) is 0.447. The van der Waals surface area contributed by atoms with Gasteiger partial charge in [-0.25, -0.2) is 0 Å². The van der Waals surface area contributed by atoms with E-state index >= 15 is 0 Å². The average Bonchev–Trinajstić information content (AvgIpc) is 2.67. The van der Waals surface area contributed by atoms with Gasteiger partial charge in [-0.15, -0.1) is 0 Å². The van der Waals surface area contributed by atoms with E-state index < -0.39 is 0 Å². The maximum Gasteiger partial charge on any atom is 0.139 e. The van der Waals surface area contributed by atoms with Crippen molar-refractivity contribution >= 4 is 5.78 Å². The van der Waals surface area contributed by atoms with Crippen molar-refractivity contribution in [2.45, 2.75) is 39.0 Å². The molecule has 11 heavy (non-hydrogen) atoms. The summed E-state index contributed by atoms with van der Waals surface area (Å²) >= 11 is 0. The first kappa shape index (κ1) is 6.22. The molecule has 1 spiro atoms. The zero-order valence-corrected chi connectivity index (χ0v) is 7.02. The first-order valence-electron chi connectivity index (χ1n) is 4.72. The summed E-state index contributed by atoms with van der Waals surface area (Å²) in [5.74, 6) is 1.37. The van der Waals surface area contributed by atoms with E-state index in [9.17, 15) is 4.79 Å². The van der Waals surface area contributed by atoms with Crippen molar-refractivity contribution in [2.24, 2.45) is 16.7 Å². The van der Waals surface area contributed by atoms with Gasteiger partial charge in [0, 0.05) is 11.8 Å². The van der Waals surface area contributed by atoms with Crippen LogP contribution in [0.3, 0.4) is 0 Å². The average molecular weight is 150 g/mol. The van der Waals surface area contributed by atoms with E-state index in [1.165, 1.54) is 25.7 Å². The van der Waals surface area contributed by atoms with E-state index in [0.29, 0.717) is 11.2 Å². The van der Waals surface area contributed by atoms with Crippen molar-refractivity contribution in [3.05, 3.63) is 0 Å². The van der Waals surface area contributed by atoms with E-state index in [-0.39, 0.29) is 5.41 Å². The fraction of sp³-hybridized carbons (Fsp3) is 0.900. The molecular weight excluding hydrogens is 136 g/mol. The number of hydrogen-bond acceptors (Lipinski definition) is 1. The lowest BCUT2D eigenvalue weighted by Crippen LogP contribution is -2.27. The Hall–Kier alpha value is -0.330. The molecule has 0 heterocycles. The molecular formula is C10H14O. The second kappa shape index (κ2) is 1.41. The molecule has 2 bridgehead atoms. The summed E-state index contributed by atoms with van der Waals surface area (Å²) in [6.45, 7) is 2.22. The lowest BCUT2D eigenvalue weighted by molar-refractivity contribution is -0.127. The van der Waals surface area contributed by atoms with Gasteiger partial charge in [0.05, 0.1) is 0 Å². The summed E-state index contributed by atoms with van der Waals surface area (Å²) in [6.07, 6.45) is 6.13. The van der Waals surface area contributed by atoms with E-state index in [4.69, 9.17) is 0 Å². The Kier molecular flexibility index (Phi) is 0.799. The Morgan fingerprint density at radius 2 is 2.09 bits per heavy atom. The predicted octanol–water partition coefficient (Wildman–Crippen LogP) is 2.16. The molecule has 2 atom stereocenters. The lowest BCUT2D eigenvalue weighted by Gasteiger charge is -2.24. The minimum atomic E-state index is 0.137. The van der Waals surface area contributed by atoms with Gasteiger partial charge in [-0.05, 0) is 37.0 Å². The van der Waals surface area contributed by atoms with Crippen LogP contribution in [0.15, 0.2) is 0 Å². The molecule has 0 aromatic rings. The molecule has 3 fully saturated rings. The topological polar surface area (TPSA) is 17.1 Å². The van der Waals surface area contributed by atoms with Crippen LogP contribution < -0.4 is 0 Å². The molecule has 0 saturated heterocycles. The highest BCUT2D eigenvalue weighted by atomic mass is 16.1.